The van der Waals surface area contributed by atoms with Gasteiger partial charge in [0, 0.05) is 34.1 Å². The Balaban J connectivity index is 2.45. The quantitative estimate of drug-likeness (QED) is 0.289. The summed E-state index contributed by atoms with van der Waals surface area (Å²) in [7, 11) is 0. The molecule has 0 aromatic carbocycles. The van der Waals surface area contributed by atoms with Crippen molar-refractivity contribution in [2.45, 2.75) is 103 Å². The molecular weight excluding hydrogens is 508 g/mol. The molecule has 14 heteroatoms. The highest BCUT2D eigenvalue weighted by atomic mass is 16.7. The summed E-state index contributed by atoms with van der Waals surface area (Å²) in [5.74, 6) is -4.31. The van der Waals surface area contributed by atoms with Crippen molar-refractivity contribution >= 4 is 29.9 Å². The van der Waals surface area contributed by atoms with E-state index in [0.717, 1.165) is 13.8 Å². The molecule has 0 unspecified atom stereocenters. The van der Waals surface area contributed by atoms with Crippen molar-refractivity contribution in [2.24, 2.45) is 0 Å². The Labute approximate surface area is 221 Å². The molecule has 38 heavy (non-hydrogen) atoms. The van der Waals surface area contributed by atoms with Gasteiger partial charge in [0.05, 0.1) is 18.8 Å². The monoisotopic (exact) mass is 546 g/mol. The number of hydrogen-bond donors (Lipinski definition) is 3. The van der Waals surface area contributed by atoms with Crippen LogP contribution in [0.1, 0.15) is 61.3 Å². The topological polar surface area (TPSA) is 185 Å². The van der Waals surface area contributed by atoms with E-state index in [0.29, 0.717) is 0 Å². The highest BCUT2D eigenvalue weighted by molar-refractivity contribution is 5.74. The van der Waals surface area contributed by atoms with E-state index >= 15 is 0 Å². The standard InChI is InChI=1S/C24H38N2O12/c1-13(28)25-20-19(36-16(4)31)18(35-15(3)30)17(10-33-14(2)29)37-24(20)9-8-23(11-27,12-34-24)26-21(32)38-22(5,6)7/h17-20,27H,8-12H2,1-7H3,(H,25,28)(H,26,32)/t17-,18+,19+,20-,23+,24+/m1/s1. The van der Waals surface area contributed by atoms with Gasteiger partial charge in [-0.05, 0) is 27.2 Å². The number of aliphatic hydroxyl groups excluding tert-OH is 1. The van der Waals surface area contributed by atoms with Crippen LogP contribution in [0.15, 0.2) is 0 Å². The maximum Gasteiger partial charge on any atom is 0.408 e. The van der Waals surface area contributed by atoms with Gasteiger partial charge in [-0.15, -0.1) is 0 Å². The van der Waals surface area contributed by atoms with Gasteiger partial charge in [0.25, 0.3) is 0 Å². The molecular formula is C24H38N2O12. The molecule has 2 aliphatic heterocycles. The van der Waals surface area contributed by atoms with Crippen LogP contribution in [0.2, 0.25) is 0 Å². The van der Waals surface area contributed by atoms with E-state index in [1.807, 2.05) is 0 Å². The van der Waals surface area contributed by atoms with Crippen molar-refractivity contribution in [3.63, 3.8) is 0 Å². The molecule has 216 valence electrons. The van der Waals surface area contributed by atoms with Gasteiger partial charge in [0.2, 0.25) is 5.91 Å². The molecule has 1 spiro atoms. The Morgan fingerprint density at radius 1 is 0.947 bits per heavy atom. The van der Waals surface area contributed by atoms with Crippen LogP contribution in [0, 0.1) is 0 Å². The van der Waals surface area contributed by atoms with Crippen LogP contribution in [-0.2, 0) is 47.6 Å². The number of nitrogens with one attached hydrogen (secondary N) is 2. The van der Waals surface area contributed by atoms with Gasteiger partial charge in [-0.3, -0.25) is 19.2 Å². The molecule has 0 aromatic heterocycles. The molecule has 2 amide bonds. The summed E-state index contributed by atoms with van der Waals surface area (Å²) in [5, 5.41) is 15.5. The van der Waals surface area contributed by atoms with E-state index in [1.54, 1.807) is 20.8 Å². The van der Waals surface area contributed by atoms with E-state index in [2.05, 4.69) is 10.6 Å². The summed E-state index contributed by atoms with van der Waals surface area (Å²) >= 11 is 0. The Kier molecular flexibility index (Phi) is 10.1. The summed E-state index contributed by atoms with van der Waals surface area (Å²) in [6.45, 7) is 8.58. The van der Waals surface area contributed by atoms with E-state index in [-0.39, 0.29) is 26.1 Å². The molecule has 14 nitrogen and oxygen atoms in total. The molecule has 0 aromatic rings. The van der Waals surface area contributed by atoms with Crippen molar-refractivity contribution in [1.29, 1.82) is 0 Å². The predicted molar refractivity (Wildman–Crippen MR) is 127 cm³/mol. The summed E-state index contributed by atoms with van der Waals surface area (Å²) in [6.07, 6.45) is -4.44. The number of carbonyl (C=O) groups excluding carboxylic acids is 5. The van der Waals surface area contributed by atoms with Crippen LogP contribution >= 0.6 is 0 Å². The first-order valence-electron chi connectivity index (χ1n) is 12.2. The van der Waals surface area contributed by atoms with Crippen LogP contribution in [0.4, 0.5) is 4.79 Å². The maximum absolute atomic E-state index is 12.4. The fourth-order valence-corrected chi connectivity index (χ4v) is 4.39. The average molecular weight is 547 g/mol. The van der Waals surface area contributed by atoms with Gasteiger partial charge in [0.15, 0.2) is 18.0 Å². The normalized spacial score (nSPS) is 31.1. The molecule has 3 N–H and O–H groups in total. The highest BCUT2D eigenvalue weighted by Gasteiger charge is 2.61. The van der Waals surface area contributed by atoms with Gasteiger partial charge in [-0.1, -0.05) is 0 Å². The first-order valence-corrected chi connectivity index (χ1v) is 12.2. The summed E-state index contributed by atoms with van der Waals surface area (Å²) in [5.41, 5.74) is -2.04. The van der Waals surface area contributed by atoms with Gasteiger partial charge in [-0.25, -0.2) is 4.79 Å². The Morgan fingerprint density at radius 3 is 2.00 bits per heavy atom. The van der Waals surface area contributed by atoms with Gasteiger partial charge in [0.1, 0.15) is 24.4 Å². The van der Waals surface area contributed by atoms with Crippen molar-refractivity contribution in [3.8, 4) is 0 Å². The van der Waals surface area contributed by atoms with E-state index in [1.165, 1.54) is 13.8 Å². The van der Waals surface area contributed by atoms with Gasteiger partial charge < -0.3 is 44.2 Å². The van der Waals surface area contributed by atoms with Crippen LogP contribution in [0.3, 0.4) is 0 Å². The second kappa shape index (κ2) is 12.3. The second-order valence-corrected chi connectivity index (χ2v) is 10.5. The molecule has 2 saturated heterocycles. The van der Waals surface area contributed by atoms with Crippen molar-refractivity contribution < 1.29 is 57.5 Å². The van der Waals surface area contributed by atoms with Crippen molar-refractivity contribution in [1.82, 2.24) is 10.6 Å². The molecule has 0 aliphatic carbocycles. The predicted octanol–water partition coefficient (Wildman–Crippen LogP) is 0.0789. The van der Waals surface area contributed by atoms with Gasteiger partial charge in [-0.2, -0.15) is 0 Å². The van der Waals surface area contributed by atoms with Crippen LogP contribution < -0.4 is 10.6 Å². The number of esters is 3. The van der Waals surface area contributed by atoms with E-state index < -0.39 is 77.8 Å². The fraction of sp³-hybridized carbons (Fsp3) is 0.792. The largest absolute Gasteiger partial charge is 0.463 e. The molecule has 6 atom stereocenters. The van der Waals surface area contributed by atoms with Crippen LogP contribution in [0.25, 0.3) is 0 Å². The number of ether oxygens (including phenoxy) is 6. The third-order valence-electron chi connectivity index (χ3n) is 5.87. The third-order valence-corrected chi connectivity index (χ3v) is 5.87. The Morgan fingerprint density at radius 2 is 1.55 bits per heavy atom. The number of carbonyl (C=O) groups is 5. The number of hydrogen-bond acceptors (Lipinski definition) is 12. The summed E-state index contributed by atoms with van der Waals surface area (Å²) < 4.78 is 33.7. The molecule has 2 rings (SSSR count). The number of amides is 2. The van der Waals surface area contributed by atoms with E-state index in [9.17, 15) is 29.1 Å². The smallest absolute Gasteiger partial charge is 0.408 e. The first kappa shape index (κ1) is 31.2. The first-order chi connectivity index (χ1) is 17.5. The zero-order valence-corrected chi connectivity index (χ0v) is 22.8. The number of alkyl carbamates (subject to hydrolysis) is 1. The minimum atomic E-state index is -1.68. The molecule has 0 radical (unpaired) electrons. The minimum absolute atomic E-state index is 0.0323. The van der Waals surface area contributed by atoms with Crippen molar-refractivity contribution in [3.05, 3.63) is 0 Å². The average Bonchev–Trinajstić information content (AvgIpc) is 2.76. The lowest BCUT2D eigenvalue weighted by Gasteiger charge is -2.55. The number of rotatable bonds is 7. The molecule has 2 fully saturated rings. The van der Waals surface area contributed by atoms with Crippen LogP contribution in [-0.4, -0.2) is 96.1 Å². The minimum Gasteiger partial charge on any atom is -0.463 e. The van der Waals surface area contributed by atoms with Gasteiger partial charge >= 0.3 is 24.0 Å². The molecule has 0 saturated carbocycles. The highest BCUT2D eigenvalue weighted by Crippen LogP contribution is 2.42. The van der Waals surface area contributed by atoms with Crippen molar-refractivity contribution in [2.75, 3.05) is 19.8 Å². The second-order valence-electron chi connectivity index (χ2n) is 10.5. The molecule has 2 heterocycles. The SMILES string of the molecule is CC(=O)N[C@@H]1[C@@H](OC(C)=O)[C@@H](OC(C)=O)[C@@H](COC(C)=O)O[C@@]12CC[C@@](CO)(NC(=O)OC(C)(C)C)CO2. The lowest BCUT2D eigenvalue weighted by atomic mass is 9.81. The summed E-state index contributed by atoms with van der Waals surface area (Å²) in [6, 6.07) is -1.18. The lowest BCUT2D eigenvalue weighted by molar-refractivity contribution is -0.355. The Bertz CT molecular complexity index is 907. The Hall–Kier alpha value is -2.97. The fourth-order valence-electron chi connectivity index (χ4n) is 4.39. The molecule has 2 aliphatic rings. The maximum atomic E-state index is 12.4. The zero-order valence-electron chi connectivity index (χ0n) is 22.8. The molecule has 0 bridgehead atoms. The summed E-state index contributed by atoms with van der Waals surface area (Å²) in [4.78, 5) is 60.2. The zero-order chi connectivity index (χ0) is 28.9. The number of aliphatic hydroxyl groups is 1. The van der Waals surface area contributed by atoms with E-state index in [4.69, 9.17) is 28.4 Å². The van der Waals surface area contributed by atoms with Crippen LogP contribution in [0.5, 0.6) is 0 Å². The lowest BCUT2D eigenvalue weighted by Crippen LogP contribution is -2.75. The third kappa shape index (κ3) is 8.27.